The van der Waals surface area contributed by atoms with E-state index in [-0.39, 0.29) is 5.91 Å². The number of para-hydroxylation sites is 1. The molecular weight excluding hydrogens is 318 g/mol. The van der Waals surface area contributed by atoms with Gasteiger partial charge in [-0.2, -0.15) is 0 Å². The molecule has 0 bridgehead atoms. The molecule has 0 saturated carbocycles. The van der Waals surface area contributed by atoms with Crippen molar-refractivity contribution in [3.8, 4) is 0 Å². The summed E-state index contributed by atoms with van der Waals surface area (Å²) in [4.78, 5) is 12.3. The Kier molecular flexibility index (Phi) is 4.93. The number of hydrogen-bond acceptors (Lipinski definition) is 2. The van der Waals surface area contributed by atoms with Crippen LogP contribution in [0.5, 0.6) is 0 Å². The van der Waals surface area contributed by atoms with Crippen LogP contribution in [0.25, 0.3) is 0 Å². The van der Waals surface area contributed by atoms with Crippen molar-refractivity contribution in [2.24, 2.45) is 0 Å². The Morgan fingerprint density at radius 2 is 1.85 bits per heavy atom. The number of amides is 1. The molecule has 0 heterocycles. The highest BCUT2D eigenvalue weighted by atomic mass is 79.9. The topological polar surface area (TPSA) is 49.3 Å². The molecule has 0 aliphatic rings. The van der Waals surface area contributed by atoms with Crippen molar-refractivity contribution >= 4 is 27.5 Å². The lowest BCUT2D eigenvalue weighted by Gasteiger charge is -2.15. The predicted molar refractivity (Wildman–Crippen MR) is 83.8 cm³/mol. The molecule has 4 heteroatoms. The van der Waals surface area contributed by atoms with Crippen molar-refractivity contribution in [3.63, 3.8) is 0 Å². The highest BCUT2D eigenvalue weighted by molar-refractivity contribution is 9.10. The summed E-state index contributed by atoms with van der Waals surface area (Å²) < 4.78 is 0.742. The van der Waals surface area contributed by atoms with Gasteiger partial charge in [0.15, 0.2) is 0 Å². The van der Waals surface area contributed by atoms with Crippen molar-refractivity contribution in [1.29, 1.82) is 0 Å². The molecule has 0 spiro atoms. The molecule has 2 aromatic carbocycles. The van der Waals surface area contributed by atoms with E-state index in [1.165, 1.54) is 0 Å². The van der Waals surface area contributed by atoms with Crippen LogP contribution in [0.1, 0.15) is 35.4 Å². The van der Waals surface area contributed by atoms with Crippen LogP contribution in [0.2, 0.25) is 0 Å². The van der Waals surface area contributed by atoms with E-state index in [2.05, 4.69) is 21.2 Å². The van der Waals surface area contributed by atoms with Crippen molar-refractivity contribution < 1.29 is 9.90 Å². The molecule has 0 fully saturated rings. The molecule has 0 saturated heterocycles. The largest absolute Gasteiger partial charge is 0.388 e. The Labute approximate surface area is 126 Å². The average molecular weight is 334 g/mol. The first-order valence-electron chi connectivity index (χ1n) is 6.46. The molecule has 0 aliphatic heterocycles. The minimum atomic E-state index is -0.578. The Morgan fingerprint density at radius 1 is 1.20 bits per heavy atom. The van der Waals surface area contributed by atoms with E-state index in [9.17, 15) is 9.90 Å². The van der Waals surface area contributed by atoms with E-state index >= 15 is 0 Å². The molecular formula is C16H16BrNO2. The molecule has 2 rings (SSSR count). The summed E-state index contributed by atoms with van der Waals surface area (Å²) in [6.07, 6.45) is 0.0211. The van der Waals surface area contributed by atoms with Crippen molar-refractivity contribution in [2.75, 3.05) is 5.32 Å². The Hall–Kier alpha value is -1.65. The van der Waals surface area contributed by atoms with Gasteiger partial charge in [0.2, 0.25) is 0 Å². The standard InChI is InChI=1S/C16H16BrNO2/c1-2-15(19)12-8-4-6-10-14(12)18-16(20)11-7-3-5-9-13(11)17/h3-10,15,19H,2H2,1H3,(H,18,20)/t15-/m1/s1. The van der Waals surface area contributed by atoms with Crippen LogP contribution >= 0.6 is 15.9 Å². The summed E-state index contributed by atoms with van der Waals surface area (Å²) in [5.74, 6) is -0.201. The maximum Gasteiger partial charge on any atom is 0.256 e. The first kappa shape index (κ1) is 14.8. The Bertz CT molecular complexity index is 613. The summed E-state index contributed by atoms with van der Waals surface area (Å²) in [6.45, 7) is 1.90. The SMILES string of the molecule is CC[C@@H](O)c1ccccc1NC(=O)c1ccccc1Br. The van der Waals surface area contributed by atoms with E-state index < -0.39 is 6.10 Å². The zero-order valence-corrected chi connectivity index (χ0v) is 12.7. The molecule has 104 valence electrons. The predicted octanol–water partition coefficient (Wildman–Crippen LogP) is 4.14. The molecule has 0 radical (unpaired) electrons. The second-order valence-electron chi connectivity index (χ2n) is 4.45. The maximum absolute atomic E-state index is 12.3. The lowest BCUT2D eigenvalue weighted by atomic mass is 10.0. The molecule has 0 unspecified atom stereocenters. The first-order valence-corrected chi connectivity index (χ1v) is 7.25. The van der Waals surface area contributed by atoms with Crippen LogP contribution in [0, 0.1) is 0 Å². The smallest absolute Gasteiger partial charge is 0.256 e. The van der Waals surface area contributed by atoms with Gasteiger partial charge in [-0.25, -0.2) is 0 Å². The van der Waals surface area contributed by atoms with Gasteiger partial charge in [0.1, 0.15) is 0 Å². The number of carbonyl (C=O) groups excluding carboxylic acids is 1. The minimum Gasteiger partial charge on any atom is -0.388 e. The summed E-state index contributed by atoms with van der Waals surface area (Å²) in [5, 5.41) is 12.8. The average Bonchev–Trinajstić information content (AvgIpc) is 2.47. The third kappa shape index (κ3) is 3.26. The van der Waals surface area contributed by atoms with E-state index in [1.807, 2.05) is 43.3 Å². The maximum atomic E-state index is 12.3. The number of hydrogen-bond donors (Lipinski definition) is 2. The zero-order valence-electron chi connectivity index (χ0n) is 11.1. The molecule has 2 N–H and O–H groups in total. The number of anilines is 1. The highest BCUT2D eigenvalue weighted by Gasteiger charge is 2.14. The van der Waals surface area contributed by atoms with Gasteiger partial charge < -0.3 is 10.4 Å². The number of carbonyl (C=O) groups is 1. The van der Waals surface area contributed by atoms with Gasteiger partial charge in [-0.1, -0.05) is 37.3 Å². The molecule has 2 aromatic rings. The van der Waals surface area contributed by atoms with Crippen LogP contribution in [0.15, 0.2) is 53.0 Å². The fourth-order valence-electron chi connectivity index (χ4n) is 1.96. The zero-order chi connectivity index (χ0) is 14.5. The monoisotopic (exact) mass is 333 g/mol. The number of aliphatic hydroxyl groups excluding tert-OH is 1. The second-order valence-corrected chi connectivity index (χ2v) is 5.30. The van der Waals surface area contributed by atoms with Gasteiger partial charge in [-0.15, -0.1) is 0 Å². The Balaban J connectivity index is 2.27. The van der Waals surface area contributed by atoms with Crippen LogP contribution in [-0.2, 0) is 0 Å². The lowest BCUT2D eigenvalue weighted by molar-refractivity contribution is 0.102. The van der Waals surface area contributed by atoms with E-state index in [0.717, 1.165) is 10.0 Å². The fraction of sp³-hybridized carbons (Fsp3) is 0.188. The quantitative estimate of drug-likeness (QED) is 0.883. The molecule has 0 aliphatic carbocycles. The summed E-state index contributed by atoms with van der Waals surface area (Å²) in [6, 6.07) is 14.5. The molecule has 1 atom stereocenters. The van der Waals surface area contributed by atoms with E-state index in [4.69, 9.17) is 0 Å². The van der Waals surface area contributed by atoms with Crippen LogP contribution in [0.3, 0.4) is 0 Å². The van der Waals surface area contributed by atoms with Crippen LogP contribution in [-0.4, -0.2) is 11.0 Å². The van der Waals surface area contributed by atoms with E-state index in [0.29, 0.717) is 17.7 Å². The number of rotatable bonds is 4. The van der Waals surface area contributed by atoms with Gasteiger partial charge in [0, 0.05) is 15.7 Å². The normalized spacial score (nSPS) is 11.9. The molecule has 20 heavy (non-hydrogen) atoms. The molecule has 0 aromatic heterocycles. The van der Waals surface area contributed by atoms with Crippen molar-refractivity contribution in [2.45, 2.75) is 19.4 Å². The van der Waals surface area contributed by atoms with Gasteiger partial charge >= 0.3 is 0 Å². The third-order valence-electron chi connectivity index (χ3n) is 3.07. The molecule has 3 nitrogen and oxygen atoms in total. The summed E-state index contributed by atoms with van der Waals surface area (Å²) >= 11 is 3.36. The van der Waals surface area contributed by atoms with Crippen LogP contribution < -0.4 is 5.32 Å². The second kappa shape index (κ2) is 6.68. The van der Waals surface area contributed by atoms with Crippen LogP contribution in [0.4, 0.5) is 5.69 Å². The molecule has 1 amide bonds. The minimum absolute atomic E-state index is 0.201. The fourth-order valence-corrected chi connectivity index (χ4v) is 2.42. The van der Waals surface area contributed by atoms with E-state index in [1.54, 1.807) is 12.1 Å². The first-order chi connectivity index (χ1) is 9.63. The van der Waals surface area contributed by atoms with Gasteiger partial charge in [-0.3, -0.25) is 4.79 Å². The third-order valence-corrected chi connectivity index (χ3v) is 3.76. The summed E-state index contributed by atoms with van der Waals surface area (Å²) in [7, 11) is 0. The number of halogens is 1. The van der Waals surface area contributed by atoms with Gasteiger partial charge in [0.25, 0.3) is 5.91 Å². The van der Waals surface area contributed by atoms with Crippen molar-refractivity contribution in [1.82, 2.24) is 0 Å². The summed E-state index contributed by atoms with van der Waals surface area (Å²) in [5.41, 5.74) is 1.94. The number of benzene rings is 2. The van der Waals surface area contributed by atoms with Gasteiger partial charge in [0.05, 0.1) is 11.7 Å². The number of aliphatic hydroxyl groups is 1. The van der Waals surface area contributed by atoms with Gasteiger partial charge in [-0.05, 0) is 40.5 Å². The lowest BCUT2D eigenvalue weighted by Crippen LogP contribution is -2.14. The highest BCUT2D eigenvalue weighted by Crippen LogP contribution is 2.26. The Morgan fingerprint density at radius 3 is 2.55 bits per heavy atom. The number of nitrogens with one attached hydrogen (secondary N) is 1. The van der Waals surface area contributed by atoms with Crippen molar-refractivity contribution in [3.05, 3.63) is 64.1 Å².